The van der Waals surface area contributed by atoms with E-state index < -0.39 is 11.4 Å². The summed E-state index contributed by atoms with van der Waals surface area (Å²) in [4.78, 5) is 16.7. The summed E-state index contributed by atoms with van der Waals surface area (Å²) in [5.41, 5.74) is 5.53. The Balaban J connectivity index is 1.53. The van der Waals surface area contributed by atoms with Gasteiger partial charge in [0.1, 0.15) is 5.75 Å². The van der Waals surface area contributed by atoms with Gasteiger partial charge in [-0.05, 0) is 93.9 Å². The first kappa shape index (κ1) is 22.8. The zero-order valence-electron chi connectivity index (χ0n) is 19.6. The fourth-order valence-corrected chi connectivity index (χ4v) is 4.54. The van der Waals surface area contributed by atoms with Gasteiger partial charge in [-0.25, -0.2) is 4.99 Å². The molecule has 0 bridgehead atoms. The van der Waals surface area contributed by atoms with Gasteiger partial charge in [-0.3, -0.25) is 4.79 Å². The number of para-hydroxylation sites is 1. The third-order valence-corrected chi connectivity index (χ3v) is 6.65. The maximum atomic E-state index is 11.8. The van der Waals surface area contributed by atoms with E-state index in [9.17, 15) is 9.90 Å². The first-order valence-corrected chi connectivity index (χ1v) is 11.7. The number of anilines is 1. The Bertz CT molecular complexity index is 1100. The summed E-state index contributed by atoms with van der Waals surface area (Å²) in [6.45, 7) is 6.10. The number of ether oxygens (including phenoxy) is 1. The topological polar surface area (TPSA) is 70.9 Å². The maximum Gasteiger partial charge on any atom is 0.314 e. The Kier molecular flexibility index (Phi) is 6.68. The Hall–Kier alpha value is -3.34. The average Bonchev–Trinajstić information content (AvgIpc) is 3.22. The van der Waals surface area contributed by atoms with Crippen LogP contribution in [0.5, 0.6) is 5.75 Å². The van der Waals surface area contributed by atoms with Gasteiger partial charge in [-0.2, -0.15) is 0 Å². The van der Waals surface area contributed by atoms with Gasteiger partial charge >= 0.3 is 5.97 Å². The standard InChI is InChI=1S/C28H32N2O3/c1-19(2)26(33-23-9-5-4-6-10-23)30-25-12-7-11-24(25)20(3)29-22-15-13-21(14-16-22)28(27(31)32)17-8-18-28/h4-6,9-10,13-16,29H,7-8,11-12,17-18H2,1-3H3,(H,31,32)/b24-20+,30-25-. The summed E-state index contributed by atoms with van der Waals surface area (Å²) in [7, 11) is 0. The third-order valence-electron chi connectivity index (χ3n) is 6.65. The van der Waals surface area contributed by atoms with E-state index in [1.165, 1.54) is 5.57 Å². The highest BCUT2D eigenvalue weighted by molar-refractivity contribution is 6.03. The quantitative estimate of drug-likeness (QED) is 0.459. The molecule has 33 heavy (non-hydrogen) atoms. The summed E-state index contributed by atoms with van der Waals surface area (Å²) in [5, 5.41) is 13.2. The van der Waals surface area contributed by atoms with Crippen molar-refractivity contribution in [2.45, 2.75) is 64.7 Å². The normalized spacial score (nSPS) is 19.5. The molecule has 4 rings (SSSR count). The van der Waals surface area contributed by atoms with Gasteiger partial charge in [0, 0.05) is 17.1 Å². The molecule has 0 saturated heterocycles. The molecule has 0 atom stereocenters. The number of benzene rings is 2. The lowest BCUT2D eigenvalue weighted by atomic mass is 9.64. The molecular weight excluding hydrogens is 412 g/mol. The van der Waals surface area contributed by atoms with Crippen molar-refractivity contribution >= 4 is 17.4 Å². The van der Waals surface area contributed by atoms with E-state index >= 15 is 0 Å². The number of carboxylic acids is 1. The molecule has 5 nitrogen and oxygen atoms in total. The second kappa shape index (κ2) is 9.65. The van der Waals surface area contributed by atoms with Crippen LogP contribution in [0.2, 0.25) is 0 Å². The van der Waals surface area contributed by atoms with Crippen molar-refractivity contribution in [2.24, 2.45) is 4.99 Å². The van der Waals surface area contributed by atoms with Crippen molar-refractivity contribution in [3.63, 3.8) is 0 Å². The molecule has 0 unspecified atom stereocenters. The van der Waals surface area contributed by atoms with E-state index in [1.54, 1.807) is 0 Å². The predicted octanol–water partition coefficient (Wildman–Crippen LogP) is 6.83. The number of carboxylic acid groups (broad SMARTS) is 1. The molecule has 5 heteroatoms. The molecular formula is C28H32N2O3. The molecule has 2 aromatic rings. The Morgan fingerprint density at radius 1 is 0.970 bits per heavy atom. The molecule has 2 aromatic carbocycles. The average molecular weight is 445 g/mol. The van der Waals surface area contributed by atoms with Crippen LogP contribution in [0.25, 0.3) is 0 Å². The first-order chi connectivity index (χ1) is 15.9. The van der Waals surface area contributed by atoms with Crippen LogP contribution in [-0.2, 0) is 10.2 Å². The fourth-order valence-electron chi connectivity index (χ4n) is 4.54. The van der Waals surface area contributed by atoms with Crippen LogP contribution in [0.3, 0.4) is 0 Å². The maximum absolute atomic E-state index is 11.8. The smallest absolute Gasteiger partial charge is 0.314 e. The van der Waals surface area contributed by atoms with Crippen LogP contribution in [0.4, 0.5) is 5.69 Å². The minimum absolute atomic E-state index is 0.646. The van der Waals surface area contributed by atoms with Gasteiger partial charge in [-0.1, -0.05) is 36.8 Å². The zero-order chi connectivity index (χ0) is 23.4. The van der Waals surface area contributed by atoms with Crippen molar-refractivity contribution in [1.29, 1.82) is 0 Å². The van der Waals surface area contributed by atoms with Crippen LogP contribution in [0, 0.1) is 0 Å². The Morgan fingerprint density at radius 2 is 1.67 bits per heavy atom. The second-order valence-electron chi connectivity index (χ2n) is 9.18. The molecule has 0 spiro atoms. The molecule has 2 aliphatic rings. The number of hydrogen-bond donors (Lipinski definition) is 2. The number of nitrogens with zero attached hydrogens (tertiary/aromatic N) is 1. The van der Waals surface area contributed by atoms with Crippen LogP contribution >= 0.6 is 0 Å². The van der Waals surface area contributed by atoms with Gasteiger partial charge in [0.05, 0.1) is 5.41 Å². The number of nitrogens with one attached hydrogen (secondary N) is 1. The predicted molar refractivity (Wildman–Crippen MR) is 133 cm³/mol. The van der Waals surface area contributed by atoms with Gasteiger partial charge in [0.15, 0.2) is 0 Å². The van der Waals surface area contributed by atoms with Crippen molar-refractivity contribution in [2.75, 3.05) is 5.32 Å². The summed E-state index contributed by atoms with van der Waals surface area (Å²) < 4.78 is 6.07. The van der Waals surface area contributed by atoms with Crippen LogP contribution in [-0.4, -0.2) is 16.8 Å². The minimum Gasteiger partial charge on any atom is -0.481 e. The monoisotopic (exact) mass is 444 g/mol. The number of rotatable bonds is 7. The number of aliphatic imine (C=N–C) groups is 1. The SMILES string of the molecule is CC(C)=C(/N=C1/CCC/C1=C(/C)Nc1ccc(C2(C(=O)O)CCC2)cc1)Oc1ccccc1. The number of hydrogen-bond acceptors (Lipinski definition) is 4. The summed E-state index contributed by atoms with van der Waals surface area (Å²) >= 11 is 0. The molecule has 0 amide bonds. The molecule has 2 saturated carbocycles. The van der Waals surface area contributed by atoms with Crippen molar-refractivity contribution in [1.82, 2.24) is 0 Å². The van der Waals surface area contributed by atoms with Crippen molar-refractivity contribution < 1.29 is 14.6 Å². The van der Waals surface area contributed by atoms with E-state index in [4.69, 9.17) is 9.73 Å². The lowest BCUT2D eigenvalue weighted by molar-refractivity contribution is -0.147. The number of carbonyl (C=O) groups is 1. The third kappa shape index (κ3) is 4.87. The van der Waals surface area contributed by atoms with Crippen LogP contribution < -0.4 is 10.1 Å². The highest BCUT2D eigenvalue weighted by Gasteiger charge is 2.45. The van der Waals surface area contributed by atoms with Gasteiger partial charge in [-0.15, -0.1) is 0 Å². The number of allylic oxidation sites excluding steroid dienone is 3. The fraction of sp³-hybridized carbons (Fsp3) is 0.357. The minimum atomic E-state index is -0.715. The van der Waals surface area contributed by atoms with E-state index in [1.807, 2.05) is 68.4 Å². The summed E-state index contributed by atoms with van der Waals surface area (Å²) in [6, 6.07) is 17.6. The molecule has 0 heterocycles. The van der Waals surface area contributed by atoms with Gasteiger partial charge < -0.3 is 15.2 Å². The highest BCUT2D eigenvalue weighted by atomic mass is 16.5. The van der Waals surface area contributed by atoms with E-state index in [-0.39, 0.29) is 0 Å². The van der Waals surface area contributed by atoms with E-state index in [0.29, 0.717) is 5.88 Å². The van der Waals surface area contributed by atoms with Crippen LogP contribution in [0.1, 0.15) is 64.9 Å². The lowest BCUT2D eigenvalue weighted by Gasteiger charge is -2.38. The van der Waals surface area contributed by atoms with E-state index in [2.05, 4.69) is 12.2 Å². The Labute approximate surface area is 195 Å². The van der Waals surface area contributed by atoms with Crippen molar-refractivity contribution in [3.8, 4) is 5.75 Å². The second-order valence-corrected chi connectivity index (χ2v) is 9.18. The van der Waals surface area contributed by atoms with E-state index in [0.717, 1.165) is 72.5 Å². The summed E-state index contributed by atoms with van der Waals surface area (Å²) in [5.74, 6) is 0.710. The first-order valence-electron chi connectivity index (χ1n) is 11.7. The van der Waals surface area contributed by atoms with Gasteiger partial charge in [0.2, 0.25) is 5.88 Å². The molecule has 2 fully saturated rings. The van der Waals surface area contributed by atoms with Gasteiger partial charge in [0.25, 0.3) is 0 Å². The number of aliphatic carboxylic acids is 1. The lowest BCUT2D eigenvalue weighted by Crippen LogP contribution is -2.42. The highest BCUT2D eigenvalue weighted by Crippen LogP contribution is 2.44. The molecule has 0 radical (unpaired) electrons. The van der Waals surface area contributed by atoms with Crippen molar-refractivity contribution in [3.05, 3.63) is 82.9 Å². The Morgan fingerprint density at radius 3 is 2.24 bits per heavy atom. The molecule has 2 aliphatic carbocycles. The van der Waals surface area contributed by atoms with Crippen LogP contribution in [0.15, 0.2) is 82.3 Å². The molecule has 0 aromatic heterocycles. The molecule has 2 N–H and O–H groups in total. The summed E-state index contributed by atoms with van der Waals surface area (Å²) in [6.07, 6.45) is 5.37. The molecule has 0 aliphatic heterocycles. The zero-order valence-corrected chi connectivity index (χ0v) is 19.6. The molecule has 172 valence electrons. The largest absolute Gasteiger partial charge is 0.481 e.